The van der Waals surface area contributed by atoms with Crippen molar-refractivity contribution in [1.29, 1.82) is 0 Å². The van der Waals surface area contributed by atoms with E-state index in [1.165, 1.54) is 37.9 Å². The third kappa shape index (κ3) is 10.1. The molecule has 0 amide bonds. The van der Waals surface area contributed by atoms with Crippen molar-refractivity contribution in [3.8, 4) is 34.5 Å². The number of rotatable bonds is 18. The van der Waals surface area contributed by atoms with E-state index in [-0.39, 0.29) is 10.4 Å². The lowest BCUT2D eigenvalue weighted by Crippen LogP contribution is -2.01. The number of carbonyl (C=O) groups is 1. The van der Waals surface area contributed by atoms with E-state index in [0.717, 1.165) is 43.4 Å². The normalized spacial score (nSPS) is 14.2. The molecule has 1 atom stereocenters. The number of thiol groups is 1. The van der Waals surface area contributed by atoms with Crippen molar-refractivity contribution in [1.82, 2.24) is 0 Å². The Morgan fingerprint density at radius 1 is 0.756 bits per heavy atom. The van der Waals surface area contributed by atoms with Gasteiger partial charge in [-0.25, -0.2) is 0 Å². The summed E-state index contributed by atoms with van der Waals surface area (Å²) >= 11 is 4.49. The fraction of sp³-hybridized carbons (Fsp3) is 0.343. The van der Waals surface area contributed by atoms with E-state index >= 15 is 0 Å². The Bertz CT molecular complexity index is 1450. The van der Waals surface area contributed by atoms with Gasteiger partial charge in [-0.2, -0.15) is 12.6 Å². The van der Waals surface area contributed by atoms with Gasteiger partial charge in [0.25, 0.3) is 0 Å². The van der Waals surface area contributed by atoms with Gasteiger partial charge in [0.1, 0.15) is 5.75 Å². The molecule has 7 nitrogen and oxygen atoms in total. The molecule has 0 radical (unpaired) electrons. The first-order chi connectivity index (χ1) is 21.9. The van der Waals surface area contributed by atoms with E-state index < -0.39 is 0 Å². The third-order valence-corrected chi connectivity index (χ3v) is 10.4. The summed E-state index contributed by atoms with van der Waals surface area (Å²) in [4.78, 5) is 14.2. The smallest absolute Gasteiger partial charge is 0.203 e. The summed E-state index contributed by atoms with van der Waals surface area (Å²) in [5.74, 6) is 3.29. The molecule has 1 aliphatic rings. The second-order valence-corrected chi connectivity index (χ2v) is 13.4. The highest BCUT2D eigenvalue weighted by atomic mass is 33.1. The number of methoxy groups -OCH3 is 4. The van der Waals surface area contributed by atoms with E-state index in [1.54, 1.807) is 46.9 Å². The molecule has 240 valence electrons. The van der Waals surface area contributed by atoms with Gasteiger partial charge in [0.15, 0.2) is 28.8 Å². The van der Waals surface area contributed by atoms with E-state index in [1.807, 2.05) is 30.3 Å². The zero-order valence-electron chi connectivity index (χ0n) is 26.1. The van der Waals surface area contributed by atoms with E-state index in [0.29, 0.717) is 47.5 Å². The molecule has 1 unspecified atom stereocenters. The van der Waals surface area contributed by atoms with Gasteiger partial charge in [-0.1, -0.05) is 65.1 Å². The number of carbonyl (C=O) groups excluding carboxylic acids is 1. The van der Waals surface area contributed by atoms with Gasteiger partial charge in [-0.3, -0.25) is 4.79 Å². The molecule has 0 saturated carbocycles. The van der Waals surface area contributed by atoms with Crippen LogP contribution in [0.25, 0.3) is 11.0 Å². The second kappa shape index (κ2) is 18.0. The Labute approximate surface area is 279 Å². The summed E-state index contributed by atoms with van der Waals surface area (Å²) < 4.78 is 33.8. The molecule has 0 fully saturated rings. The maximum atomic E-state index is 12.9. The molecule has 3 aromatic carbocycles. The Morgan fingerprint density at radius 2 is 1.40 bits per heavy atom. The van der Waals surface area contributed by atoms with Crippen LogP contribution in [0.3, 0.4) is 0 Å². The fourth-order valence-electron chi connectivity index (χ4n) is 4.65. The Hall–Kier alpha value is -3.34. The number of hydrogen-bond acceptors (Lipinski definition) is 10. The first kappa shape index (κ1) is 34.5. The van der Waals surface area contributed by atoms with Gasteiger partial charge in [-0.05, 0) is 72.5 Å². The van der Waals surface area contributed by atoms with Gasteiger partial charge >= 0.3 is 0 Å². The molecule has 4 rings (SSSR count). The molecule has 3 aromatic rings. The fourth-order valence-corrected chi connectivity index (χ4v) is 7.42. The third-order valence-electron chi connectivity index (χ3n) is 7.05. The van der Waals surface area contributed by atoms with Crippen molar-refractivity contribution in [3.05, 3.63) is 83.4 Å². The molecule has 0 aromatic heterocycles. The van der Waals surface area contributed by atoms with Crippen molar-refractivity contribution in [2.45, 2.75) is 36.7 Å². The van der Waals surface area contributed by atoms with E-state index in [2.05, 4.69) is 30.8 Å². The van der Waals surface area contributed by atoms with Crippen LogP contribution in [-0.4, -0.2) is 52.0 Å². The molecule has 0 bridgehead atoms. The zero-order valence-corrected chi connectivity index (χ0v) is 28.6. The Kier molecular flexibility index (Phi) is 13.8. The molecule has 1 heterocycles. The van der Waals surface area contributed by atoms with Crippen LogP contribution >= 0.6 is 34.2 Å². The van der Waals surface area contributed by atoms with Gasteiger partial charge in [0, 0.05) is 10.5 Å². The summed E-state index contributed by atoms with van der Waals surface area (Å²) in [7, 11) is 9.70. The number of ketones is 1. The van der Waals surface area contributed by atoms with Crippen LogP contribution in [0.5, 0.6) is 34.5 Å². The van der Waals surface area contributed by atoms with Crippen molar-refractivity contribution < 1.29 is 33.2 Å². The van der Waals surface area contributed by atoms with Crippen LogP contribution in [0.1, 0.15) is 53.6 Å². The maximum Gasteiger partial charge on any atom is 0.203 e. The van der Waals surface area contributed by atoms with Crippen molar-refractivity contribution >= 4 is 51.0 Å². The highest BCUT2D eigenvalue weighted by molar-refractivity contribution is 8.82. The van der Waals surface area contributed by atoms with Crippen molar-refractivity contribution in [3.63, 3.8) is 0 Å². The van der Waals surface area contributed by atoms with Crippen LogP contribution < -0.4 is 28.4 Å². The zero-order chi connectivity index (χ0) is 32.0. The van der Waals surface area contributed by atoms with Gasteiger partial charge < -0.3 is 28.4 Å². The predicted octanol–water partition coefficient (Wildman–Crippen LogP) is 9.02. The van der Waals surface area contributed by atoms with Crippen molar-refractivity contribution in [2.24, 2.45) is 0 Å². The summed E-state index contributed by atoms with van der Waals surface area (Å²) in [5.41, 5.74) is 2.46. The van der Waals surface area contributed by atoms with Crippen LogP contribution in [0.15, 0.2) is 66.7 Å². The molecule has 0 aliphatic carbocycles. The number of allylic oxidation sites excluding steroid dienone is 1. The molecule has 10 heteroatoms. The predicted molar refractivity (Wildman–Crippen MR) is 189 cm³/mol. The minimum Gasteiger partial charge on any atom is -0.494 e. The summed E-state index contributed by atoms with van der Waals surface area (Å²) in [6, 6.07) is 17.2. The van der Waals surface area contributed by atoms with Gasteiger partial charge in [0.05, 0.1) is 46.2 Å². The Balaban J connectivity index is 1.18. The molecular weight excluding hydrogens is 629 g/mol. The summed E-state index contributed by atoms with van der Waals surface area (Å²) in [6.45, 7) is 1.29. The van der Waals surface area contributed by atoms with E-state index in [4.69, 9.17) is 28.4 Å². The minimum absolute atomic E-state index is 0.196. The molecule has 0 saturated heterocycles. The summed E-state index contributed by atoms with van der Waals surface area (Å²) in [6.07, 6.45) is 10.7. The molecule has 45 heavy (non-hydrogen) atoms. The number of hydrogen-bond donors (Lipinski definition) is 1. The molecule has 0 N–H and O–H groups in total. The number of unbranched alkanes of at least 4 members (excludes halogenated alkanes) is 4. The first-order valence-electron chi connectivity index (χ1n) is 14.8. The van der Waals surface area contributed by atoms with Crippen LogP contribution in [0.2, 0.25) is 0 Å². The highest BCUT2D eigenvalue weighted by Gasteiger charge is 2.17. The highest BCUT2D eigenvalue weighted by Crippen LogP contribution is 2.48. The standard InChI is InChI=1S/C35H40O7S3/c1-37-29-17-11-24(10-16-28(36)26-21-31(38-2)35(40-4)32(22-26)39-3)20-30(29)42-19-9-7-5-6-8-18-41-27-14-12-25(13-15-27)33-23-34(43)45-44-33/h10-17,20-23,34,43H,5-9,18-19H2,1-4H3/b16-10+. The molecule has 0 spiro atoms. The Morgan fingerprint density at radius 3 is 2.00 bits per heavy atom. The lowest BCUT2D eigenvalue weighted by Gasteiger charge is -2.13. The average molecular weight is 669 g/mol. The van der Waals surface area contributed by atoms with Gasteiger partial charge in [0.2, 0.25) is 5.75 Å². The molecule has 1 aliphatic heterocycles. The van der Waals surface area contributed by atoms with Gasteiger partial charge in [-0.15, -0.1) is 0 Å². The summed E-state index contributed by atoms with van der Waals surface area (Å²) in [5, 5.41) is 0. The van der Waals surface area contributed by atoms with Crippen LogP contribution in [0.4, 0.5) is 0 Å². The second-order valence-electron chi connectivity index (χ2n) is 10.1. The molecular formula is C35H40O7S3. The number of benzene rings is 3. The van der Waals surface area contributed by atoms with Crippen molar-refractivity contribution in [2.75, 3.05) is 41.7 Å². The SMILES string of the molecule is COc1ccc(/C=C/C(=O)c2cc(OC)c(OC)c(OC)c2)cc1OCCCCCCCOc1ccc(C2=CC(S)SS2)cc1. The quantitative estimate of drug-likeness (QED) is 0.0470. The topological polar surface area (TPSA) is 72.5 Å². The minimum atomic E-state index is -0.196. The van der Waals surface area contributed by atoms with Crippen LogP contribution in [0, 0.1) is 0 Å². The monoisotopic (exact) mass is 668 g/mol. The average Bonchev–Trinajstić information content (AvgIpc) is 3.51. The number of ether oxygens (including phenoxy) is 6. The largest absolute Gasteiger partial charge is 0.494 e. The van der Waals surface area contributed by atoms with E-state index in [9.17, 15) is 4.79 Å². The van der Waals surface area contributed by atoms with Crippen LogP contribution in [-0.2, 0) is 0 Å². The maximum absolute atomic E-state index is 12.9. The first-order valence-corrected chi connectivity index (χ1v) is 17.5. The lowest BCUT2D eigenvalue weighted by atomic mass is 10.1. The lowest BCUT2D eigenvalue weighted by molar-refractivity contribution is 0.104.